The molecule has 3 rings (SSSR count). The lowest BCUT2D eigenvalue weighted by molar-refractivity contribution is 0.0713. The molecule has 1 aliphatic rings. The fourth-order valence-electron chi connectivity index (χ4n) is 3.20. The lowest BCUT2D eigenvalue weighted by Gasteiger charge is -2.23. The Morgan fingerprint density at radius 3 is 2.92 bits per heavy atom. The number of thiophene rings is 1. The second-order valence-corrected chi connectivity index (χ2v) is 8.32. The summed E-state index contributed by atoms with van der Waals surface area (Å²) in [5.41, 5.74) is 2.27. The summed E-state index contributed by atoms with van der Waals surface area (Å²) in [6.45, 7) is 9.58. The zero-order valence-electron chi connectivity index (χ0n) is 15.0. The topological polar surface area (TPSA) is 38.3 Å². The highest BCUT2D eigenvalue weighted by Crippen LogP contribution is 2.33. The molecule has 1 aromatic carbocycles. The molecule has 0 unspecified atom stereocenters. The van der Waals surface area contributed by atoms with E-state index in [0.29, 0.717) is 0 Å². The summed E-state index contributed by atoms with van der Waals surface area (Å²) >= 11 is 1.65. The van der Waals surface area contributed by atoms with Crippen molar-refractivity contribution in [1.29, 1.82) is 0 Å². The van der Waals surface area contributed by atoms with Crippen molar-refractivity contribution in [2.45, 2.75) is 64.5 Å². The molecule has 2 atom stereocenters. The standard InChI is InChI=1S/C20H27NO2S/c1-5-20(3,4)14-8-9-15-16(12-24-18(15)11-14)19(22)21-13(2)17-7-6-10-23-17/h8-9,11-13,17H,5-7,10H2,1-4H3,(H,21,22)/t13-,17-/m1/s1. The Bertz CT molecular complexity index is 728. The van der Waals surface area contributed by atoms with Crippen LogP contribution in [0.15, 0.2) is 23.6 Å². The molecule has 0 spiro atoms. The average Bonchev–Trinajstić information content (AvgIpc) is 3.23. The molecule has 2 aromatic rings. The Labute approximate surface area is 148 Å². The van der Waals surface area contributed by atoms with Gasteiger partial charge in [0.15, 0.2) is 0 Å². The van der Waals surface area contributed by atoms with Crippen LogP contribution in [0.25, 0.3) is 10.1 Å². The van der Waals surface area contributed by atoms with E-state index in [9.17, 15) is 4.79 Å². The van der Waals surface area contributed by atoms with E-state index in [1.807, 2.05) is 12.3 Å². The molecule has 24 heavy (non-hydrogen) atoms. The van der Waals surface area contributed by atoms with Crippen LogP contribution in [-0.2, 0) is 10.2 Å². The monoisotopic (exact) mass is 345 g/mol. The summed E-state index contributed by atoms with van der Waals surface area (Å²) < 4.78 is 6.86. The van der Waals surface area contributed by atoms with Crippen LogP contribution in [0.3, 0.4) is 0 Å². The van der Waals surface area contributed by atoms with Gasteiger partial charge in [-0.3, -0.25) is 4.79 Å². The smallest absolute Gasteiger partial charge is 0.253 e. The Hall–Kier alpha value is -1.39. The Morgan fingerprint density at radius 1 is 1.46 bits per heavy atom. The van der Waals surface area contributed by atoms with Gasteiger partial charge in [-0.25, -0.2) is 0 Å². The minimum absolute atomic E-state index is 0.00625. The molecular formula is C20H27NO2S. The van der Waals surface area contributed by atoms with E-state index in [1.54, 1.807) is 11.3 Å². The normalized spacial score (nSPS) is 19.6. The number of carbonyl (C=O) groups is 1. The first kappa shape index (κ1) is 17.4. The molecule has 1 aromatic heterocycles. The minimum atomic E-state index is 0.00625. The van der Waals surface area contributed by atoms with Crippen molar-refractivity contribution in [3.8, 4) is 0 Å². The van der Waals surface area contributed by atoms with Crippen molar-refractivity contribution in [3.05, 3.63) is 34.7 Å². The summed E-state index contributed by atoms with van der Waals surface area (Å²) in [6, 6.07) is 6.56. The Kier molecular flexibility index (Phi) is 4.97. The van der Waals surface area contributed by atoms with Crippen LogP contribution in [0.1, 0.15) is 62.9 Å². The number of amides is 1. The number of carbonyl (C=O) groups excluding carboxylic acids is 1. The third-order valence-corrected chi connectivity index (χ3v) is 6.31. The third-order valence-electron chi connectivity index (χ3n) is 5.37. The van der Waals surface area contributed by atoms with E-state index in [4.69, 9.17) is 4.74 Å². The zero-order valence-corrected chi connectivity index (χ0v) is 15.8. The van der Waals surface area contributed by atoms with Crippen molar-refractivity contribution in [2.24, 2.45) is 0 Å². The van der Waals surface area contributed by atoms with E-state index in [1.165, 1.54) is 10.3 Å². The van der Waals surface area contributed by atoms with Crippen molar-refractivity contribution < 1.29 is 9.53 Å². The lowest BCUT2D eigenvalue weighted by Crippen LogP contribution is -2.40. The second kappa shape index (κ2) is 6.85. The van der Waals surface area contributed by atoms with Crippen molar-refractivity contribution in [1.82, 2.24) is 5.32 Å². The molecule has 1 saturated heterocycles. The van der Waals surface area contributed by atoms with Gasteiger partial charge in [0.25, 0.3) is 5.91 Å². The van der Waals surface area contributed by atoms with E-state index in [2.05, 4.69) is 44.3 Å². The van der Waals surface area contributed by atoms with Gasteiger partial charge < -0.3 is 10.1 Å². The molecule has 0 saturated carbocycles. The van der Waals surface area contributed by atoms with Crippen molar-refractivity contribution >= 4 is 27.3 Å². The number of hydrogen-bond acceptors (Lipinski definition) is 3. The minimum Gasteiger partial charge on any atom is -0.376 e. The summed E-state index contributed by atoms with van der Waals surface area (Å²) in [7, 11) is 0. The molecule has 2 heterocycles. The second-order valence-electron chi connectivity index (χ2n) is 7.41. The molecule has 0 bridgehead atoms. The van der Waals surface area contributed by atoms with Gasteiger partial charge in [-0.1, -0.05) is 32.9 Å². The molecule has 4 heteroatoms. The van der Waals surface area contributed by atoms with Crippen LogP contribution >= 0.6 is 11.3 Å². The van der Waals surface area contributed by atoms with Gasteiger partial charge in [-0.15, -0.1) is 11.3 Å². The molecule has 0 radical (unpaired) electrons. The number of hydrogen-bond donors (Lipinski definition) is 1. The van der Waals surface area contributed by atoms with E-state index >= 15 is 0 Å². The van der Waals surface area contributed by atoms with Crippen LogP contribution < -0.4 is 5.32 Å². The maximum atomic E-state index is 12.7. The lowest BCUT2D eigenvalue weighted by atomic mass is 9.82. The van der Waals surface area contributed by atoms with Gasteiger partial charge in [-0.05, 0) is 43.2 Å². The third kappa shape index (κ3) is 3.35. The summed E-state index contributed by atoms with van der Waals surface area (Å²) in [4.78, 5) is 12.7. The zero-order chi connectivity index (χ0) is 17.3. The predicted octanol–water partition coefficient (Wildman–Crippen LogP) is 4.89. The fraction of sp³-hybridized carbons (Fsp3) is 0.550. The van der Waals surface area contributed by atoms with E-state index in [-0.39, 0.29) is 23.5 Å². The fourth-order valence-corrected chi connectivity index (χ4v) is 4.18. The first-order chi connectivity index (χ1) is 11.4. The van der Waals surface area contributed by atoms with Gasteiger partial charge in [0.05, 0.1) is 17.7 Å². The van der Waals surface area contributed by atoms with Crippen LogP contribution in [0, 0.1) is 0 Å². The molecule has 1 N–H and O–H groups in total. The quantitative estimate of drug-likeness (QED) is 0.838. The summed E-state index contributed by atoms with van der Waals surface area (Å²) in [5.74, 6) is 0.00625. The Morgan fingerprint density at radius 2 is 2.25 bits per heavy atom. The van der Waals surface area contributed by atoms with Gasteiger partial charge in [-0.2, -0.15) is 0 Å². The summed E-state index contributed by atoms with van der Waals surface area (Å²) in [6.07, 6.45) is 3.36. The summed E-state index contributed by atoms with van der Waals surface area (Å²) in [5, 5.41) is 6.14. The molecular weight excluding hydrogens is 318 g/mol. The first-order valence-electron chi connectivity index (χ1n) is 8.86. The number of benzene rings is 1. The van der Waals surface area contributed by atoms with Gasteiger partial charge in [0.2, 0.25) is 0 Å². The predicted molar refractivity (Wildman–Crippen MR) is 101 cm³/mol. The largest absolute Gasteiger partial charge is 0.376 e. The van der Waals surface area contributed by atoms with Crippen molar-refractivity contribution in [3.63, 3.8) is 0 Å². The maximum Gasteiger partial charge on any atom is 0.253 e. The number of ether oxygens (including phenoxy) is 1. The molecule has 1 aliphatic heterocycles. The molecule has 1 fully saturated rings. The van der Waals surface area contributed by atoms with Crippen molar-refractivity contribution in [2.75, 3.05) is 6.61 Å². The van der Waals surface area contributed by atoms with Crippen LogP contribution in [0.5, 0.6) is 0 Å². The number of fused-ring (bicyclic) bond motifs is 1. The maximum absolute atomic E-state index is 12.7. The number of nitrogens with one attached hydrogen (secondary N) is 1. The molecule has 1 amide bonds. The average molecular weight is 346 g/mol. The molecule has 3 nitrogen and oxygen atoms in total. The van der Waals surface area contributed by atoms with Gasteiger partial charge >= 0.3 is 0 Å². The van der Waals surface area contributed by atoms with Crippen LogP contribution in [0.2, 0.25) is 0 Å². The molecule has 0 aliphatic carbocycles. The highest BCUT2D eigenvalue weighted by atomic mass is 32.1. The van der Waals surface area contributed by atoms with Gasteiger partial charge in [0.1, 0.15) is 0 Å². The first-order valence-corrected chi connectivity index (χ1v) is 9.74. The van der Waals surface area contributed by atoms with Crippen LogP contribution in [-0.4, -0.2) is 24.7 Å². The van der Waals surface area contributed by atoms with E-state index in [0.717, 1.165) is 36.8 Å². The van der Waals surface area contributed by atoms with E-state index < -0.39 is 0 Å². The highest BCUT2D eigenvalue weighted by molar-refractivity contribution is 7.17. The molecule has 130 valence electrons. The SMILES string of the molecule is CCC(C)(C)c1ccc2c(C(=O)N[C@H](C)[C@H]3CCCO3)csc2c1. The highest BCUT2D eigenvalue weighted by Gasteiger charge is 2.25. The van der Waals surface area contributed by atoms with Gasteiger partial charge in [0, 0.05) is 22.1 Å². The van der Waals surface area contributed by atoms with Crippen LogP contribution in [0.4, 0.5) is 0 Å². The number of rotatable bonds is 5. The Balaban J connectivity index is 1.81.